The maximum Gasteiger partial charge on any atom is 0.251 e. The lowest BCUT2D eigenvalue weighted by Gasteiger charge is -2.32. The van der Waals surface area contributed by atoms with Crippen LogP contribution in [-0.4, -0.2) is 42.0 Å². The molecule has 1 aromatic heterocycles. The van der Waals surface area contributed by atoms with Crippen LogP contribution >= 0.6 is 0 Å². The number of hydrogen-bond donors (Lipinski definition) is 2. The molecule has 7 heteroatoms. The number of carbonyl (C=O) groups is 1. The molecule has 3 heterocycles. The lowest BCUT2D eigenvalue weighted by molar-refractivity contribution is 0.0930. The number of piperidine rings is 1. The van der Waals surface area contributed by atoms with Crippen molar-refractivity contribution in [3.8, 4) is 11.5 Å². The van der Waals surface area contributed by atoms with Crippen LogP contribution in [0, 0.1) is 6.92 Å². The Labute approximate surface area is 139 Å². The number of carbonyl (C=O) groups excluding carboxylic acids is 1. The average molecular weight is 328 g/mol. The maximum atomic E-state index is 12.4. The number of hydrogen-bond acceptors (Lipinski definition) is 5. The summed E-state index contributed by atoms with van der Waals surface area (Å²) >= 11 is 0. The summed E-state index contributed by atoms with van der Waals surface area (Å²) in [5.41, 5.74) is 1.66. The number of amides is 1. The molecule has 24 heavy (non-hydrogen) atoms. The van der Waals surface area contributed by atoms with E-state index in [1.54, 1.807) is 18.2 Å². The van der Waals surface area contributed by atoms with E-state index in [4.69, 9.17) is 9.47 Å². The van der Waals surface area contributed by atoms with E-state index in [1.165, 1.54) is 0 Å². The van der Waals surface area contributed by atoms with Crippen molar-refractivity contribution in [2.75, 3.05) is 24.8 Å². The molecule has 0 saturated carbocycles. The van der Waals surface area contributed by atoms with E-state index >= 15 is 0 Å². The molecule has 0 bridgehead atoms. The largest absolute Gasteiger partial charge is 0.454 e. The first-order valence-electron chi connectivity index (χ1n) is 8.16. The van der Waals surface area contributed by atoms with E-state index in [9.17, 15) is 4.79 Å². The zero-order chi connectivity index (χ0) is 16.5. The number of anilines is 1. The smallest absolute Gasteiger partial charge is 0.251 e. The van der Waals surface area contributed by atoms with Crippen molar-refractivity contribution < 1.29 is 14.3 Å². The third kappa shape index (κ3) is 2.89. The summed E-state index contributed by atoms with van der Waals surface area (Å²) in [4.78, 5) is 14.7. The molecule has 2 aromatic rings. The Morgan fingerprint density at radius 2 is 2.04 bits per heavy atom. The normalized spacial score (nSPS) is 17.1. The van der Waals surface area contributed by atoms with E-state index in [0.717, 1.165) is 37.4 Å². The predicted molar refractivity (Wildman–Crippen MR) is 88.6 cm³/mol. The van der Waals surface area contributed by atoms with Crippen LogP contribution in [0.5, 0.6) is 11.5 Å². The van der Waals surface area contributed by atoms with Crippen molar-refractivity contribution >= 4 is 11.7 Å². The molecule has 1 fully saturated rings. The van der Waals surface area contributed by atoms with Crippen LogP contribution in [0.25, 0.3) is 0 Å². The number of aromatic amines is 1. The molecule has 2 aliphatic heterocycles. The quantitative estimate of drug-likeness (QED) is 0.899. The first-order chi connectivity index (χ1) is 11.7. The molecule has 1 amide bonds. The molecule has 2 N–H and O–H groups in total. The van der Waals surface area contributed by atoms with Gasteiger partial charge in [0.1, 0.15) is 0 Å². The van der Waals surface area contributed by atoms with Gasteiger partial charge in [0, 0.05) is 36.5 Å². The van der Waals surface area contributed by atoms with Crippen LogP contribution in [0.4, 0.5) is 5.82 Å². The van der Waals surface area contributed by atoms with Gasteiger partial charge in [-0.05, 0) is 38.0 Å². The molecular weight excluding hydrogens is 308 g/mol. The third-order valence-corrected chi connectivity index (χ3v) is 4.48. The Hall–Kier alpha value is -2.70. The van der Waals surface area contributed by atoms with Crippen molar-refractivity contribution in [3.63, 3.8) is 0 Å². The van der Waals surface area contributed by atoms with Crippen molar-refractivity contribution in [1.82, 2.24) is 15.5 Å². The lowest BCUT2D eigenvalue weighted by atomic mass is 10.0. The number of ether oxygens (including phenoxy) is 2. The van der Waals surface area contributed by atoms with Gasteiger partial charge in [0.15, 0.2) is 17.3 Å². The molecule has 1 aromatic carbocycles. The van der Waals surface area contributed by atoms with Gasteiger partial charge in [0.05, 0.1) is 0 Å². The second-order valence-corrected chi connectivity index (χ2v) is 6.21. The lowest BCUT2D eigenvalue weighted by Crippen LogP contribution is -2.44. The van der Waals surface area contributed by atoms with Gasteiger partial charge < -0.3 is 19.7 Å². The Bertz CT molecular complexity index is 750. The van der Waals surface area contributed by atoms with Gasteiger partial charge in [-0.25, -0.2) is 0 Å². The molecule has 2 aliphatic rings. The van der Waals surface area contributed by atoms with Crippen molar-refractivity contribution in [1.29, 1.82) is 0 Å². The molecule has 1 saturated heterocycles. The number of nitrogens with zero attached hydrogens (tertiary/aromatic N) is 2. The second-order valence-electron chi connectivity index (χ2n) is 6.21. The third-order valence-electron chi connectivity index (χ3n) is 4.48. The second kappa shape index (κ2) is 6.07. The fourth-order valence-electron chi connectivity index (χ4n) is 3.13. The van der Waals surface area contributed by atoms with Gasteiger partial charge in [0.25, 0.3) is 5.91 Å². The molecule has 0 radical (unpaired) electrons. The summed E-state index contributed by atoms with van der Waals surface area (Å²) in [5.74, 6) is 2.23. The summed E-state index contributed by atoms with van der Waals surface area (Å²) in [6, 6.07) is 7.51. The topological polar surface area (TPSA) is 79.5 Å². The molecule has 0 aliphatic carbocycles. The summed E-state index contributed by atoms with van der Waals surface area (Å²) in [6.45, 7) is 3.98. The Morgan fingerprint density at radius 1 is 1.25 bits per heavy atom. The fraction of sp³-hybridized carbons (Fsp3) is 0.412. The number of aryl methyl sites for hydroxylation is 1. The zero-order valence-electron chi connectivity index (χ0n) is 13.5. The van der Waals surface area contributed by atoms with Crippen LogP contribution in [0.3, 0.4) is 0 Å². The van der Waals surface area contributed by atoms with E-state index in [0.29, 0.717) is 17.1 Å². The minimum atomic E-state index is -0.0673. The predicted octanol–water partition coefficient (Wildman–Crippen LogP) is 1.85. The van der Waals surface area contributed by atoms with Gasteiger partial charge in [-0.15, -0.1) is 0 Å². The van der Waals surface area contributed by atoms with Gasteiger partial charge in [-0.2, -0.15) is 5.10 Å². The van der Waals surface area contributed by atoms with E-state index in [2.05, 4.69) is 20.4 Å². The first kappa shape index (κ1) is 14.9. The van der Waals surface area contributed by atoms with Gasteiger partial charge in [-0.1, -0.05) is 0 Å². The van der Waals surface area contributed by atoms with Gasteiger partial charge in [-0.3, -0.25) is 9.89 Å². The summed E-state index contributed by atoms with van der Waals surface area (Å²) in [7, 11) is 0. The summed E-state index contributed by atoms with van der Waals surface area (Å²) in [5, 5.41) is 10.4. The van der Waals surface area contributed by atoms with Crippen LogP contribution in [-0.2, 0) is 0 Å². The van der Waals surface area contributed by atoms with Crippen molar-refractivity contribution in [2.45, 2.75) is 25.8 Å². The number of nitrogens with one attached hydrogen (secondary N) is 2. The summed E-state index contributed by atoms with van der Waals surface area (Å²) in [6.07, 6.45) is 1.81. The Balaban J connectivity index is 1.34. The highest BCUT2D eigenvalue weighted by Gasteiger charge is 2.23. The number of benzene rings is 1. The number of rotatable bonds is 3. The Kier molecular flexibility index (Phi) is 3.76. The molecule has 0 spiro atoms. The standard InChI is InChI=1S/C17H20N4O3/c1-11-8-16(20-19-11)21-6-4-13(5-7-21)18-17(22)12-2-3-14-15(9-12)24-10-23-14/h2-3,8-9,13H,4-7,10H2,1H3,(H,18,22)(H,19,20). The van der Waals surface area contributed by atoms with Crippen LogP contribution in [0.2, 0.25) is 0 Å². The fourth-order valence-corrected chi connectivity index (χ4v) is 3.13. The van der Waals surface area contributed by atoms with Gasteiger partial charge >= 0.3 is 0 Å². The highest BCUT2D eigenvalue weighted by atomic mass is 16.7. The Morgan fingerprint density at radius 3 is 2.79 bits per heavy atom. The minimum absolute atomic E-state index is 0.0673. The van der Waals surface area contributed by atoms with Crippen molar-refractivity contribution in [3.05, 3.63) is 35.5 Å². The first-order valence-corrected chi connectivity index (χ1v) is 8.16. The number of H-pyrrole nitrogens is 1. The van der Waals surface area contributed by atoms with E-state index in [-0.39, 0.29) is 18.7 Å². The summed E-state index contributed by atoms with van der Waals surface area (Å²) < 4.78 is 10.6. The monoisotopic (exact) mass is 328 g/mol. The molecular formula is C17H20N4O3. The zero-order valence-corrected chi connectivity index (χ0v) is 13.5. The number of fused-ring (bicyclic) bond motifs is 1. The molecule has 126 valence electrons. The van der Waals surface area contributed by atoms with Gasteiger partial charge in [0.2, 0.25) is 6.79 Å². The van der Waals surface area contributed by atoms with E-state index < -0.39 is 0 Å². The molecule has 7 nitrogen and oxygen atoms in total. The molecule has 0 atom stereocenters. The minimum Gasteiger partial charge on any atom is -0.454 e. The van der Waals surface area contributed by atoms with Crippen LogP contribution in [0.1, 0.15) is 28.9 Å². The van der Waals surface area contributed by atoms with Crippen LogP contribution < -0.4 is 19.7 Å². The van der Waals surface area contributed by atoms with Crippen molar-refractivity contribution in [2.24, 2.45) is 0 Å². The SMILES string of the molecule is Cc1cc(N2CCC(NC(=O)c3ccc4c(c3)OCO4)CC2)n[nH]1. The molecule has 0 unspecified atom stereocenters. The molecule has 4 rings (SSSR count). The van der Waals surface area contributed by atoms with Crippen LogP contribution in [0.15, 0.2) is 24.3 Å². The highest BCUT2D eigenvalue weighted by Crippen LogP contribution is 2.32. The maximum absolute atomic E-state index is 12.4. The number of aromatic nitrogens is 2. The highest BCUT2D eigenvalue weighted by molar-refractivity contribution is 5.95. The average Bonchev–Trinajstić information content (AvgIpc) is 3.23. The van der Waals surface area contributed by atoms with E-state index in [1.807, 2.05) is 13.0 Å².